The fourth-order valence-corrected chi connectivity index (χ4v) is 3.51. The van der Waals surface area contributed by atoms with E-state index in [1.165, 1.54) is 0 Å². The summed E-state index contributed by atoms with van der Waals surface area (Å²) in [7, 11) is 3.49. The molecule has 7 nitrogen and oxygen atoms in total. The Labute approximate surface area is 175 Å². The number of fused-ring (bicyclic) bond motifs is 1. The van der Waals surface area contributed by atoms with Gasteiger partial charge in [-0.25, -0.2) is 4.99 Å². The van der Waals surface area contributed by atoms with Gasteiger partial charge in [-0.1, -0.05) is 18.2 Å². The van der Waals surface area contributed by atoms with Crippen LogP contribution in [0.4, 0.5) is 0 Å². The number of hydrogen-bond acceptors (Lipinski definition) is 4. The van der Waals surface area contributed by atoms with Gasteiger partial charge in [-0.05, 0) is 33.8 Å². The highest BCUT2D eigenvalue weighted by molar-refractivity contribution is 5.85. The first-order chi connectivity index (χ1) is 13.8. The molecular weight excluding hydrogens is 366 g/mol. The van der Waals surface area contributed by atoms with E-state index in [0.29, 0.717) is 24.7 Å². The molecule has 0 aliphatic carbocycles. The number of rotatable bonds is 8. The maximum absolute atomic E-state index is 12.0. The molecule has 1 aliphatic rings. The molecule has 1 aromatic carbocycles. The van der Waals surface area contributed by atoms with Crippen molar-refractivity contribution in [3.63, 3.8) is 0 Å². The van der Waals surface area contributed by atoms with E-state index in [1.807, 2.05) is 18.2 Å². The zero-order valence-corrected chi connectivity index (χ0v) is 18.7. The second kappa shape index (κ2) is 11.0. The number of amides is 1. The molecule has 1 aliphatic heterocycles. The molecule has 1 amide bonds. The van der Waals surface area contributed by atoms with Crippen LogP contribution >= 0.6 is 0 Å². The van der Waals surface area contributed by atoms with Crippen LogP contribution in [0.1, 0.15) is 45.7 Å². The zero-order chi connectivity index (χ0) is 21.4. The number of likely N-dealkylation sites (N-methyl/N-ethyl adjacent to an activating group) is 1. The van der Waals surface area contributed by atoms with Crippen LogP contribution in [0.15, 0.2) is 29.3 Å². The van der Waals surface area contributed by atoms with Gasteiger partial charge in [0.15, 0.2) is 5.96 Å². The molecule has 0 spiro atoms. The lowest BCUT2D eigenvalue weighted by Crippen LogP contribution is -2.46. The van der Waals surface area contributed by atoms with Crippen molar-refractivity contribution in [2.75, 3.05) is 40.3 Å². The number of hydrogen-bond donors (Lipinski definition) is 2. The van der Waals surface area contributed by atoms with E-state index in [4.69, 9.17) is 4.74 Å². The molecule has 0 fully saturated rings. The fourth-order valence-electron chi connectivity index (χ4n) is 3.51. The third-order valence-electron chi connectivity index (χ3n) is 5.13. The molecule has 1 atom stereocenters. The van der Waals surface area contributed by atoms with Gasteiger partial charge in [-0.3, -0.25) is 9.69 Å². The standard InChI is InChI=1S/C22H37N5O2/c1-16(2)27(17(3)4)13-12-23-22(24-15-21(28)26(5)6)25-19-11-14-29-20-10-8-7-9-18(19)20/h7-10,16-17,19H,11-15H2,1-6H3,(H2,23,24,25). The normalized spacial score (nSPS) is 16.6. The van der Waals surface area contributed by atoms with Crippen molar-refractivity contribution in [1.29, 1.82) is 0 Å². The van der Waals surface area contributed by atoms with Gasteiger partial charge in [0.25, 0.3) is 0 Å². The van der Waals surface area contributed by atoms with Crippen molar-refractivity contribution in [3.8, 4) is 5.75 Å². The first-order valence-corrected chi connectivity index (χ1v) is 10.5. The van der Waals surface area contributed by atoms with Crippen molar-refractivity contribution in [2.24, 2.45) is 4.99 Å². The lowest BCUT2D eigenvalue weighted by atomic mass is 10.0. The largest absolute Gasteiger partial charge is 0.493 e. The van der Waals surface area contributed by atoms with Crippen LogP contribution in [-0.4, -0.2) is 74.1 Å². The molecule has 162 valence electrons. The van der Waals surface area contributed by atoms with Crippen molar-refractivity contribution in [1.82, 2.24) is 20.4 Å². The number of para-hydroxylation sites is 1. The summed E-state index contributed by atoms with van der Waals surface area (Å²) < 4.78 is 5.76. The second-order valence-electron chi connectivity index (χ2n) is 8.18. The van der Waals surface area contributed by atoms with Crippen LogP contribution in [0.25, 0.3) is 0 Å². The third-order valence-corrected chi connectivity index (χ3v) is 5.13. The fraction of sp³-hybridized carbons (Fsp3) is 0.636. The van der Waals surface area contributed by atoms with Crippen molar-refractivity contribution in [3.05, 3.63) is 29.8 Å². The SMILES string of the molecule is CC(C)N(CCNC(=NCC(=O)N(C)C)NC1CCOc2ccccc21)C(C)C. The maximum Gasteiger partial charge on any atom is 0.243 e. The van der Waals surface area contributed by atoms with Gasteiger partial charge >= 0.3 is 0 Å². The molecule has 0 saturated heterocycles. The van der Waals surface area contributed by atoms with Gasteiger partial charge in [-0.2, -0.15) is 0 Å². The molecule has 1 aromatic rings. The lowest BCUT2D eigenvalue weighted by molar-refractivity contribution is -0.127. The average molecular weight is 404 g/mol. The van der Waals surface area contributed by atoms with E-state index in [-0.39, 0.29) is 18.5 Å². The van der Waals surface area contributed by atoms with Gasteiger partial charge in [0.1, 0.15) is 12.3 Å². The van der Waals surface area contributed by atoms with Crippen molar-refractivity contribution < 1.29 is 9.53 Å². The highest BCUT2D eigenvalue weighted by atomic mass is 16.5. The number of carbonyl (C=O) groups is 1. The van der Waals surface area contributed by atoms with Crippen LogP contribution in [-0.2, 0) is 4.79 Å². The summed E-state index contributed by atoms with van der Waals surface area (Å²) in [6.45, 7) is 11.3. The van der Waals surface area contributed by atoms with E-state index in [2.05, 4.69) is 54.3 Å². The molecule has 0 bridgehead atoms. The minimum atomic E-state index is -0.0236. The molecule has 7 heteroatoms. The van der Waals surface area contributed by atoms with Crippen LogP contribution in [0.5, 0.6) is 5.75 Å². The molecule has 0 saturated carbocycles. The monoisotopic (exact) mass is 403 g/mol. The summed E-state index contributed by atoms with van der Waals surface area (Å²) in [5.41, 5.74) is 1.12. The first-order valence-electron chi connectivity index (χ1n) is 10.5. The smallest absolute Gasteiger partial charge is 0.243 e. The number of carbonyl (C=O) groups excluding carboxylic acids is 1. The molecule has 1 heterocycles. The van der Waals surface area contributed by atoms with Gasteiger partial charge in [0.05, 0.1) is 12.6 Å². The Bertz CT molecular complexity index is 680. The first kappa shape index (κ1) is 23.0. The number of benzene rings is 1. The van der Waals surface area contributed by atoms with E-state index in [9.17, 15) is 4.79 Å². The molecule has 29 heavy (non-hydrogen) atoms. The molecular formula is C22H37N5O2. The Kier molecular flexibility index (Phi) is 8.76. The summed E-state index contributed by atoms with van der Waals surface area (Å²) >= 11 is 0. The number of nitrogens with zero attached hydrogens (tertiary/aromatic N) is 3. The molecule has 0 aromatic heterocycles. The highest BCUT2D eigenvalue weighted by Gasteiger charge is 2.22. The maximum atomic E-state index is 12.0. The summed E-state index contributed by atoms with van der Waals surface area (Å²) in [5.74, 6) is 1.55. The molecule has 2 N–H and O–H groups in total. The predicted molar refractivity (Wildman–Crippen MR) is 118 cm³/mol. The van der Waals surface area contributed by atoms with Gasteiger partial charge in [0, 0.05) is 51.3 Å². The van der Waals surface area contributed by atoms with E-state index in [1.54, 1.807) is 19.0 Å². The van der Waals surface area contributed by atoms with Crippen molar-refractivity contribution >= 4 is 11.9 Å². The summed E-state index contributed by atoms with van der Waals surface area (Å²) in [5, 5.41) is 6.93. The molecule has 0 radical (unpaired) electrons. The highest BCUT2D eigenvalue weighted by Crippen LogP contribution is 2.31. The van der Waals surface area contributed by atoms with E-state index < -0.39 is 0 Å². The minimum absolute atomic E-state index is 0.0236. The van der Waals surface area contributed by atoms with Crippen LogP contribution in [0.2, 0.25) is 0 Å². The number of nitrogens with one attached hydrogen (secondary N) is 2. The van der Waals surface area contributed by atoms with Crippen LogP contribution < -0.4 is 15.4 Å². The van der Waals surface area contributed by atoms with Crippen molar-refractivity contribution in [2.45, 2.75) is 52.2 Å². The zero-order valence-electron chi connectivity index (χ0n) is 18.7. The topological polar surface area (TPSA) is 69.2 Å². The molecule has 1 unspecified atom stereocenters. The number of aliphatic imine (C=N–C) groups is 1. The summed E-state index contributed by atoms with van der Waals surface area (Å²) in [6.07, 6.45) is 0.851. The van der Waals surface area contributed by atoms with Gasteiger partial charge < -0.3 is 20.3 Å². The van der Waals surface area contributed by atoms with E-state index >= 15 is 0 Å². The third kappa shape index (κ3) is 6.92. The Morgan fingerprint density at radius 2 is 1.90 bits per heavy atom. The second-order valence-corrected chi connectivity index (χ2v) is 8.18. The summed E-state index contributed by atoms with van der Waals surface area (Å²) in [6, 6.07) is 9.12. The minimum Gasteiger partial charge on any atom is -0.493 e. The van der Waals surface area contributed by atoms with Crippen LogP contribution in [0, 0.1) is 0 Å². The predicted octanol–water partition coefficient (Wildman–Crippen LogP) is 2.25. The average Bonchev–Trinajstić information content (AvgIpc) is 2.68. The molecule has 2 rings (SSSR count). The number of ether oxygens (including phenoxy) is 1. The number of guanidine groups is 1. The van der Waals surface area contributed by atoms with E-state index in [0.717, 1.165) is 30.8 Å². The summed E-state index contributed by atoms with van der Waals surface area (Å²) in [4.78, 5) is 20.6. The van der Waals surface area contributed by atoms with Gasteiger partial charge in [0.2, 0.25) is 5.91 Å². The Morgan fingerprint density at radius 3 is 2.55 bits per heavy atom. The van der Waals surface area contributed by atoms with Crippen LogP contribution in [0.3, 0.4) is 0 Å². The van der Waals surface area contributed by atoms with Gasteiger partial charge in [-0.15, -0.1) is 0 Å². The quantitative estimate of drug-likeness (QED) is 0.515. The Balaban J connectivity index is 2.07. The Morgan fingerprint density at radius 1 is 1.21 bits per heavy atom. The lowest BCUT2D eigenvalue weighted by Gasteiger charge is -2.31. The Hall–Kier alpha value is -2.28.